The lowest BCUT2D eigenvalue weighted by molar-refractivity contribution is 0.413. The molecule has 0 atom stereocenters. The largest absolute Gasteiger partial charge is 0.496 e. The molecular weight excluding hydrogens is 266 g/mol. The summed E-state index contributed by atoms with van der Waals surface area (Å²) < 4.78 is 5.60. The lowest BCUT2D eigenvalue weighted by Crippen LogP contribution is -2.00. The lowest BCUT2D eigenvalue weighted by Gasteiger charge is -2.14. The van der Waals surface area contributed by atoms with Crippen molar-refractivity contribution in [2.45, 2.75) is 13.8 Å². The van der Waals surface area contributed by atoms with Crippen molar-refractivity contribution in [2.24, 2.45) is 0 Å². The van der Waals surface area contributed by atoms with Crippen molar-refractivity contribution in [2.75, 3.05) is 19.5 Å². The van der Waals surface area contributed by atoms with Crippen LogP contribution in [0.1, 0.15) is 11.1 Å². The second kappa shape index (κ2) is 5.05. The Balaban J connectivity index is 2.34. The molecule has 0 saturated carbocycles. The highest BCUT2D eigenvalue weighted by molar-refractivity contribution is 5.92. The van der Waals surface area contributed by atoms with E-state index in [1.54, 1.807) is 20.4 Å². The zero-order chi connectivity index (χ0) is 15.0. The maximum absolute atomic E-state index is 5.60. The Kier molecular flexibility index (Phi) is 3.21. The summed E-state index contributed by atoms with van der Waals surface area (Å²) in [7, 11) is 3.47. The van der Waals surface area contributed by atoms with Crippen molar-refractivity contribution in [1.29, 1.82) is 0 Å². The van der Waals surface area contributed by atoms with E-state index in [0.717, 1.165) is 28.0 Å². The third-order valence-electron chi connectivity index (χ3n) is 3.67. The molecule has 0 aliphatic heterocycles. The highest BCUT2D eigenvalue weighted by Crippen LogP contribution is 2.36. The van der Waals surface area contributed by atoms with Crippen LogP contribution in [0.4, 0.5) is 5.95 Å². The summed E-state index contributed by atoms with van der Waals surface area (Å²) in [6, 6.07) is 4.09. The van der Waals surface area contributed by atoms with E-state index in [1.807, 2.05) is 13.0 Å². The Hall–Kier alpha value is -2.63. The first kappa shape index (κ1) is 13.4. The van der Waals surface area contributed by atoms with Crippen LogP contribution in [0.15, 0.2) is 18.3 Å². The van der Waals surface area contributed by atoms with Gasteiger partial charge in [0.05, 0.1) is 24.4 Å². The molecule has 0 unspecified atom stereocenters. The van der Waals surface area contributed by atoms with E-state index in [9.17, 15) is 0 Å². The molecular formula is C15H17N5O. The fourth-order valence-electron chi connectivity index (χ4n) is 2.39. The van der Waals surface area contributed by atoms with E-state index < -0.39 is 0 Å². The standard InChI is InChI=1S/C15H17N5O/c1-8-5-6-10(13(21-4)9(8)2)12-11-7-17-20-14(11)19-15(16-3)18-12/h5-7H,1-4H3,(H2,16,17,18,19,20). The molecule has 0 radical (unpaired) electrons. The molecule has 2 aromatic heterocycles. The Labute approximate surface area is 122 Å². The number of nitrogens with one attached hydrogen (secondary N) is 2. The normalized spacial score (nSPS) is 10.9. The van der Waals surface area contributed by atoms with Crippen molar-refractivity contribution >= 4 is 17.0 Å². The first-order valence-electron chi connectivity index (χ1n) is 6.69. The molecule has 2 heterocycles. The van der Waals surface area contributed by atoms with Crippen LogP contribution in [-0.2, 0) is 0 Å². The number of aromatic amines is 1. The number of aromatic nitrogens is 4. The zero-order valence-electron chi connectivity index (χ0n) is 12.5. The van der Waals surface area contributed by atoms with Gasteiger partial charge in [0.2, 0.25) is 5.95 Å². The quantitative estimate of drug-likeness (QED) is 0.773. The molecule has 0 spiro atoms. The summed E-state index contributed by atoms with van der Waals surface area (Å²) in [5, 5.41) is 10.8. The average molecular weight is 283 g/mol. The van der Waals surface area contributed by atoms with Gasteiger partial charge in [-0.05, 0) is 31.0 Å². The number of hydrogen-bond donors (Lipinski definition) is 2. The van der Waals surface area contributed by atoms with Crippen molar-refractivity contribution in [3.05, 3.63) is 29.5 Å². The molecule has 0 bridgehead atoms. The number of nitrogens with zero attached hydrogens (tertiary/aromatic N) is 3. The highest BCUT2D eigenvalue weighted by Gasteiger charge is 2.17. The topological polar surface area (TPSA) is 75.7 Å². The number of ether oxygens (including phenoxy) is 1. The predicted octanol–water partition coefficient (Wildman–Crippen LogP) is 2.69. The number of rotatable bonds is 3. The second-order valence-corrected chi connectivity index (χ2v) is 4.87. The maximum atomic E-state index is 5.60. The Morgan fingerprint density at radius 1 is 1.19 bits per heavy atom. The van der Waals surface area contributed by atoms with Gasteiger partial charge in [0.25, 0.3) is 0 Å². The molecule has 3 rings (SSSR count). The number of methoxy groups -OCH3 is 1. The average Bonchev–Trinajstić information content (AvgIpc) is 2.97. The summed E-state index contributed by atoms with van der Waals surface area (Å²) in [5.41, 5.74) is 4.73. The van der Waals surface area contributed by atoms with Crippen LogP contribution in [0.2, 0.25) is 0 Å². The minimum Gasteiger partial charge on any atom is -0.496 e. The molecule has 2 N–H and O–H groups in total. The molecule has 108 valence electrons. The minimum absolute atomic E-state index is 0.544. The number of benzene rings is 1. The first-order valence-corrected chi connectivity index (χ1v) is 6.69. The van der Waals surface area contributed by atoms with Gasteiger partial charge in [0.1, 0.15) is 5.75 Å². The molecule has 0 saturated heterocycles. The molecule has 3 aromatic rings. The molecule has 0 aliphatic carbocycles. The van der Waals surface area contributed by atoms with Crippen LogP contribution < -0.4 is 10.1 Å². The van der Waals surface area contributed by atoms with E-state index in [1.165, 1.54) is 5.56 Å². The molecule has 1 aromatic carbocycles. The molecule has 0 fully saturated rings. The van der Waals surface area contributed by atoms with Crippen molar-refractivity contribution in [3.8, 4) is 17.0 Å². The maximum Gasteiger partial charge on any atom is 0.225 e. The number of fused-ring (bicyclic) bond motifs is 1. The molecule has 6 nitrogen and oxygen atoms in total. The van der Waals surface area contributed by atoms with Gasteiger partial charge in [-0.25, -0.2) is 4.98 Å². The van der Waals surface area contributed by atoms with Crippen LogP contribution in [0, 0.1) is 13.8 Å². The summed E-state index contributed by atoms with van der Waals surface area (Å²) >= 11 is 0. The summed E-state index contributed by atoms with van der Waals surface area (Å²) in [6.45, 7) is 4.11. The van der Waals surface area contributed by atoms with Gasteiger partial charge in [0.15, 0.2) is 5.65 Å². The summed E-state index contributed by atoms with van der Waals surface area (Å²) in [4.78, 5) is 8.93. The minimum atomic E-state index is 0.544. The van der Waals surface area contributed by atoms with Gasteiger partial charge in [-0.1, -0.05) is 6.07 Å². The first-order chi connectivity index (χ1) is 10.2. The Bertz CT molecular complexity index is 809. The van der Waals surface area contributed by atoms with E-state index in [-0.39, 0.29) is 0 Å². The summed E-state index contributed by atoms with van der Waals surface area (Å²) in [5.74, 6) is 1.38. The lowest BCUT2D eigenvalue weighted by atomic mass is 10.0. The fourth-order valence-corrected chi connectivity index (χ4v) is 2.39. The van der Waals surface area contributed by atoms with Crippen LogP contribution >= 0.6 is 0 Å². The van der Waals surface area contributed by atoms with E-state index in [2.05, 4.69) is 38.5 Å². The van der Waals surface area contributed by atoms with Gasteiger partial charge >= 0.3 is 0 Å². The third kappa shape index (κ3) is 2.08. The van der Waals surface area contributed by atoms with Gasteiger partial charge in [-0.15, -0.1) is 0 Å². The Morgan fingerprint density at radius 2 is 2.00 bits per heavy atom. The predicted molar refractivity (Wildman–Crippen MR) is 82.7 cm³/mol. The van der Waals surface area contributed by atoms with Gasteiger partial charge in [-0.2, -0.15) is 10.1 Å². The van der Waals surface area contributed by atoms with Gasteiger partial charge in [-0.3, -0.25) is 5.10 Å². The van der Waals surface area contributed by atoms with Crippen LogP contribution in [-0.4, -0.2) is 34.3 Å². The number of aryl methyl sites for hydroxylation is 1. The van der Waals surface area contributed by atoms with Crippen molar-refractivity contribution in [3.63, 3.8) is 0 Å². The van der Waals surface area contributed by atoms with Crippen molar-refractivity contribution in [1.82, 2.24) is 20.2 Å². The summed E-state index contributed by atoms with van der Waals surface area (Å²) in [6.07, 6.45) is 1.73. The smallest absolute Gasteiger partial charge is 0.225 e. The van der Waals surface area contributed by atoms with E-state index in [0.29, 0.717) is 11.6 Å². The van der Waals surface area contributed by atoms with Crippen LogP contribution in [0.3, 0.4) is 0 Å². The second-order valence-electron chi connectivity index (χ2n) is 4.87. The highest BCUT2D eigenvalue weighted by atomic mass is 16.5. The molecule has 0 amide bonds. The SMILES string of the molecule is CNc1nc(-c2ccc(C)c(C)c2OC)c2cn[nH]c2n1. The fraction of sp³-hybridized carbons (Fsp3) is 0.267. The van der Waals surface area contributed by atoms with E-state index >= 15 is 0 Å². The van der Waals surface area contributed by atoms with Gasteiger partial charge in [0, 0.05) is 12.6 Å². The zero-order valence-corrected chi connectivity index (χ0v) is 12.5. The number of H-pyrrole nitrogens is 1. The third-order valence-corrected chi connectivity index (χ3v) is 3.67. The Morgan fingerprint density at radius 3 is 2.71 bits per heavy atom. The number of hydrogen-bond acceptors (Lipinski definition) is 5. The molecule has 21 heavy (non-hydrogen) atoms. The number of anilines is 1. The monoisotopic (exact) mass is 283 g/mol. The van der Waals surface area contributed by atoms with Crippen LogP contribution in [0.25, 0.3) is 22.3 Å². The van der Waals surface area contributed by atoms with Gasteiger partial charge < -0.3 is 10.1 Å². The van der Waals surface area contributed by atoms with E-state index in [4.69, 9.17) is 4.74 Å². The van der Waals surface area contributed by atoms with Crippen LogP contribution in [0.5, 0.6) is 5.75 Å². The van der Waals surface area contributed by atoms with Crippen molar-refractivity contribution < 1.29 is 4.74 Å². The molecule has 6 heteroatoms. The molecule has 0 aliphatic rings.